The normalized spacial score (nSPS) is 17.9. The standard InChI is InChI=1S/C12H14FN3.ClH/c13-12(4-6-15-7-5-12)8-10-2-1-3-11(9-14)16-10;/h1-3,15H,4-8H2;1H. The summed E-state index contributed by atoms with van der Waals surface area (Å²) in [5.41, 5.74) is -0.134. The average Bonchev–Trinajstić information content (AvgIpc) is 2.29. The zero-order valence-corrected chi connectivity index (χ0v) is 10.3. The summed E-state index contributed by atoms with van der Waals surface area (Å²) in [5.74, 6) is 0. The smallest absolute Gasteiger partial charge is 0.140 e. The van der Waals surface area contributed by atoms with Gasteiger partial charge in [0.05, 0.1) is 0 Å². The molecule has 1 N–H and O–H groups in total. The molecule has 3 nitrogen and oxygen atoms in total. The van der Waals surface area contributed by atoms with Gasteiger partial charge in [0.25, 0.3) is 0 Å². The van der Waals surface area contributed by atoms with Crippen molar-refractivity contribution in [2.45, 2.75) is 24.9 Å². The maximum atomic E-state index is 14.3. The summed E-state index contributed by atoms with van der Waals surface area (Å²) in [6.07, 6.45) is 1.35. The zero-order chi connectivity index (χ0) is 11.4. The lowest BCUT2D eigenvalue weighted by Gasteiger charge is -2.29. The van der Waals surface area contributed by atoms with Crippen molar-refractivity contribution in [2.75, 3.05) is 13.1 Å². The van der Waals surface area contributed by atoms with Crippen molar-refractivity contribution in [1.29, 1.82) is 5.26 Å². The minimum Gasteiger partial charge on any atom is -0.316 e. The Labute approximate surface area is 106 Å². The van der Waals surface area contributed by atoms with Gasteiger partial charge in [-0.2, -0.15) is 5.26 Å². The first-order chi connectivity index (χ1) is 7.72. The minimum absolute atomic E-state index is 0. The highest BCUT2D eigenvalue weighted by Gasteiger charge is 2.32. The van der Waals surface area contributed by atoms with Crippen molar-refractivity contribution >= 4 is 12.4 Å². The molecule has 1 saturated heterocycles. The SMILES string of the molecule is Cl.N#Cc1cccc(CC2(F)CCNCC2)n1. The highest BCUT2D eigenvalue weighted by molar-refractivity contribution is 5.85. The Morgan fingerprint density at radius 2 is 2.12 bits per heavy atom. The topological polar surface area (TPSA) is 48.7 Å². The number of piperidine rings is 1. The van der Waals surface area contributed by atoms with Gasteiger partial charge in [-0.25, -0.2) is 9.37 Å². The molecule has 0 aliphatic carbocycles. The molecule has 5 heteroatoms. The number of nitrogens with zero attached hydrogens (tertiary/aromatic N) is 2. The van der Waals surface area contributed by atoms with E-state index in [1.54, 1.807) is 18.2 Å². The van der Waals surface area contributed by atoms with E-state index in [9.17, 15) is 4.39 Å². The molecule has 0 amide bonds. The number of aromatic nitrogens is 1. The molecular weight excluding hydrogens is 241 g/mol. The highest BCUT2D eigenvalue weighted by Crippen LogP contribution is 2.27. The summed E-state index contributed by atoms with van der Waals surface area (Å²) in [6.45, 7) is 1.43. The molecule has 2 heterocycles. The molecule has 1 aromatic rings. The van der Waals surface area contributed by atoms with Crippen molar-refractivity contribution in [3.63, 3.8) is 0 Å². The third kappa shape index (κ3) is 3.65. The van der Waals surface area contributed by atoms with Gasteiger partial charge >= 0.3 is 0 Å². The Morgan fingerprint density at radius 1 is 1.41 bits per heavy atom. The maximum absolute atomic E-state index is 14.3. The molecule has 1 aliphatic heterocycles. The van der Waals surface area contributed by atoms with Crippen LogP contribution >= 0.6 is 12.4 Å². The van der Waals surface area contributed by atoms with E-state index >= 15 is 0 Å². The van der Waals surface area contributed by atoms with Gasteiger partial charge < -0.3 is 5.32 Å². The van der Waals surface area contributed by atoms with Crippen molar-refractivity contribution in [2.24, 2.45) is 0 Å². The van der Waals surface area contributed by atoms with Gasteiger partial charge in [0.1, 0.15) is 17.4 Å². The lowest BCUT2D eigenvalue weighted by Crippen LogP contribution is -2.40. The third-order valence-electron chi connectivity index (χ3n) is 2.92. The number of pyridine rings is 1. The van der Waals surface area contributed by atoms with Crippen molar-refractivity contribution in [3.8, 4) is 6.07 Å². The lowest BCUT2D eigenvalue weighted by atomic mass is 9.89. The van der Waals surface area contributed by atoms with E-state index in [0.717, 1.165) is 0 Å². The molecule has 0 bridgehead atoms. The van der Waals surface area contributed by atoms with Gasteiger partial charge in [0.15, 0.2) is 0 Å². The van der Waals surface area contributed by atoms with Crippen LogP contribution in [-0.2, 0) is 6.42 Å². The molecule has 17 heavy (non-hydrogen) atoms. The van der Waals surface area contributed by atoms with Crippen molar-refractivity contribution < 1.29 is 4.39 Å². The molecule has 0 saturated carbocycles. The van der Waals surface area contributed by atoms with Crippen LogP contribution in [0, 0.1) is 11.3 Å². The Balaban J connectivity index is 0.00000144. The Bertz CT molecular complexity index is 410. The quantitative estimate of drug-likeness (QED) is 0.880. The second-order valence-corrected chi connectivity index (χ2v) is 4.20. The molecule has 2 rings (SSSR count). The summed E-state index contributed by atoms with van der Waals surface area (Å²) in [7, 11) is 0. The molecule has 0 spiro atoms. The van der Waals surface area contributed by atoms with Crippen LogP contribution in [0.5, 0.6) is 0 Å². The van der Waals surface area contributed by atoms with Crippen LogP contribution in [0.2, 0.25) is 0 Å². The van der Waals surface area contributed by atoms with Crippen LogP contribution in [0.3, 0.4) is 0 Å². The van der Waals surface area contributed by atoms with E-state index in [2.05, 4.69) is 10.3 Å². The average molecular weight is 256 g/mol. The third-order valence-corrected chi connectivity index (χ3v) is 2.92. The minimum atomic E-state index is -1.16. The Morgan fingerprint density at radius 3 is 2.76 bits per heavy atom. The molecule has 1 fully saturated rings. The van der Waals surface area contributed by atoms with Crippen LogP contribution in [0.1, 0.15) is 24.2 Å². The van der Waals surface area contributed by atoms with E-state index < -0.39 is 5.67 Å². The number of hydrogen-bond acceptors (Lipinski definition) is 3. The van der Waals surface area contributed by atoms with Crippen LogP contribution in [0.4, 0.5) is 4.39 Å². The summed E-state index contributed by atoms with van der Waals surface area (Å²) in [5, 5.41) is 11.9. The fourth-order valence-corrected chi connectivity index (χ4v) is 2.02. The Hall–Kier alpha value is -1.18. The van der Waals surface area contributed by atoms with E-state index in [1.807, 2.05) is 6.07 Å². The van der Waals surface area contributed by atoms with Gasteiger partial charge in [0, 0.05) is 12.1 Å². The predicted octanol–water partition coefficient (Wildman–Crippen LogP) is 2.01. The van der Waals surface area contributed by atoms with E-state index in [4.69, 9.17) is 5.26 Å². The van der Waals surface area contributed by atoms with Crippen LogP contribution < -0.4 is 5.32 Å². The summed E-state index contributed by atoms with van der Waals surface area (Å²) in [4.78, 5) is 4.11. The fraction of sp³-hybridized carbons (Fsp3) is 0.500. The lowest BCUT2D eigenvalue weighted by molar-refractivity contribution is 0.115. The maximum Gasteiger partial charge on any atom is 0.140 e. The molecule has 0 radical (unpaired) electrons. The number of nitrogens with one attached hydrogen (secondary N) is 1. The largest absolute Gasteiger partial charge is 0.316 e. The number of halogens is 2. The molecule has 0 unspecified atom stereocenters. The first kappa shape index (κ1) is 13.9. The number of nitriles is 1. The number of alkyl halides is 1. The van der Waals surface area contributed by atoms with Gasteiger partial charge in [-0.15, -0.1) is 12.4 Å². The van der Waals surface area contributed by atoms with Gasteiger partial charge in [0.2, 0.25) is 0 Å². The van der Waals surface area contributed by atoms with Crippen molar-refractivity contribution in [3.05, 3.63) is 29.6 Å². The molecule has 0 atom stereocenters. The van der Waals surface area contributed by atoms with Crippen LogP contribution in [-0.4, -0.2) is 23.7 Å². The molecule has 1 aromatic heterocycles. The van der Waals surface area contributed by atoms with Crippen LogP contribution in [0.25, 0.3) is 0 Å². The second-order valence-electron chi connectivity index (χ2n) is 4.20. The summed E-state index contributed by atoms with van der Waals surface area (Å²) < 4.78 is 14.3. The highest BCUT2D eigenvalue weighted by atomic mass is 35.5. The number of rotatable bonds is 2. The van der Waals surface area contributed by atoms with Crippen LogP contribution in [0.15, 0.2) is 18.2 Å². The fourth-order valence-electron chi connectivity index (χ4n) is 2.02. The number of hydrogen-bond donors (Lipinski definition) is 1. The molecular formula is C12H15ClFN3. The summed E-state index contributed by atoms with van der Waals surface area (Å²) >= 11 is 0. The van der Waals surface area contributed by atoms with E-state index in [0.29, 0.717) is 43.7 Å². The van der Waals surface area contributed by atoms with Gasteiger partial charge in [-0.05, 0) is 38.1 Å². The van der Waals surface area contributed by atoms with E-state index in [-0.39, 0.29) is 12.4 Å². The molecule has 92 valence electrons. The molecule has 1 aliphatic rings. The van der Waals surface area contributed by atoms with Gasteiger partial charge in [-0.3, -0.25) is 0 Å². The van der Waals surface area contributed by atoms with E-state index in [1.165, 1.54) is 0 Å². The van der Waals surface area contributed by atoms with Crippen molar-refractivity contribution in [1.82, 2.24) is 10.3 Å². The molecule has 0 aromatic carbocycles. The Kier molecular flexibility index (Phi) is 4.86. The first-order valence-electron chi connectivity index (χ1n) is 5.48. The van der Waals surface area contributed by atoms with Gasteiger partial charge in [-0.1, -0.05) is 6.07 Å². The zero-order valence-electron chi connectivity index (χ0n) is 9.45. The predicted molar refractivity (Wildman–Crippen MR) is 65.8 cm³/mol. The first-order valence-corrected chi connectivity index (χ1v) is 5.48. The second kappa shape index (κ2) is 5.95. The summed E-state index contributed by atoms with van der Waals surface area (Å²) in [6, 6.07) is 7.14. The monoisotopic (exact) mass is 255 g/mol.